The second-order valence-corrected chi connectivity index (χ2v) is 0.0833. The Labute approximate surface area is 69.8 Å². The second-order valence-electron chi connectivity index (χ2n) is 0.0833. The van der Waals surface area contributed by atoms with Crippen LogP contribution in [0.2, 0.25) is 0 Å². The van der Waals surface area contributed by atoms with Crippen molar-refractivity contribution >= 4 is 55.1 Å². The fraction of sp³-hybridized carbons (Fsp3) is 0. The van der Waals surface area contributed by atoms with Gasteiger partial charge in [-0.2, -0.15) is 0 Å². The Balaban J connectivity index is -0.0000000200. The summed E-state index contributed by atoms with van der Waals surface area (Å²) in [6.45, 7) is 0. The standard InChI is InChI=1S/Al.Ca.HNO2.5H/c;;2-1-3;;;;;/h;;1H;;;;;. The summed E-state index contributed by atoms with van der Waals surface area (Å²) in [6.07, 6.45) is 0. The molecule has 0 saturated carbocycles. The van der Waals surface area contributed by atoms with E-state index in [9.17, 15) is 0 Å². The van der Waals surface area contributed by atoms with Crippen LogP contribution in [0.5, 0.6) is 0 Å². The van der Waals surface area contributed by atoms with Crippen molar-refractivity contribution in [1.82, 2.24) is 0 Å². The third kappa shape index (κ3) is 37.2. The minimum atomic E-state index is 0. The first-order valence-corrected chi connectivity index (χ1v) is 0.408. The van der Waals surface area contributed by atoms with Gasteiger partial charge in [0.15, 0.2) is 17.4 Å². The van der Waals surface area contributed by atoms with Crippen molar-refractivity contribution in [1.29, 1.82) is 0 Å². The zero-order chi connectivity index (χ0) is 2.71. The van der Waals surface area contributed by atoms with Crippen LogP contribution in [0.25, 0.3) is 0 Å². The molecule has 5 heavy (non-hydrogen) atoms. The van der Waals surface area contributed by atoms with E-state index in [4.69, 9.17) is 10.1 Å². The molecule has 0 aliphatic heterocycles. The monoisotopic (exact) mass is 119 g/mol. The molecule has 1 N–H and O–H groups in total. The zero-order valence-corrected chi connectivity index (χ0v) is 1.32. The van der Waals surface area contributed by atoms with E-state index in [-0.39, 0.29) is 60.4 Å². The second kappa shape index (κ2) is 19.0. The van der Waals surface area contributed by atoms with Crippen molar-refractivity contribution in [2.45, 2.75) is 0 Å². The van der Waals surface area contributed by atoms with Crippen LogP contribution in [0.4, 0.5) is 0 Å². The summed E-state index contributed by atoms with van der Waals surface area (Å²) in [4.78, 5) is 8.12. The van der Waals surface area contributed by atoms with E-state index in [2.05, 4.69) is 0 Å². The molecule has 0 aromatic heterocycles. The van der Waals surface area contributed by atoms with E-state index < -0.39 is 0 Å². The van der Waals surface area contributed by atoms with Gasteiger partial charge < -0.3 is 0 Å². The number of hydrogen-bond donors (Lipinski definition) is 1. The normalized spacial score (nSPS) is 2.40. The van der Waals surface area contributed by atoms with E-state index >= 15 is 0 Å². The zero-order valence-electron chi connectivity index (χ0n) is 1.32. The van der Waals surface area contributed by atoms with Crippen LogP contribution in [-0.2, 0) is 0 Å². The van der Waals surface area contributed by atoms with Crippen molar-refractivity contribution in [3.8, 4) is 0 Å². The first-order valence-electron chi connectivity index (χ1n) is 0.408. The first kappa shape index (κ1) is 16.4. The number of rotatable bonds is 0. The molecule has 0 radical (unpaired) electrons. The van der Waals surface area contributed by atoms with E-state index in [1.54, 1.807) is 0 Å². The van der Waals surface area contributed by atoms with Crippen molar-refractivity contribution in [2.24, 2.45) is 0 Å². The first-order chi connectivity index (χ1) is 1.41. The van der Waals surface area contributed by atoms with Gasteiger partial charge in [-0.3, -0.25) is 10.1 Å². The molecule has 0 aromatic carbocycles. The average Bonchev–Trinajstić information content (AvgIpc) is 0.918. The molecule has 0 aliphatic carbocycles. The van der Waals surface area contributed by atoms with Crippen LogP contribution < -0.4 is 5.34 Å². The van der Waals surface area contributed by atoms with Crippen LogP contribution in [0.15, 0.2) is 0 Å². The van der Waals surface area contributed by atoms with Gasteiger partial charge in [0, 0.05) is 5.34 Å². The van der Waals surface area contributed by atoms with Gasteiger partial charge >= 0.3 is 37.7 Å². The van der Waals surface area contributed by atoms with E-state index in [0.29, 0.717) is 0 Å². The number of nitrogens with one attached hydrogen (secondary N) is 1. The molecule has 0 atom stereocenters. The van der Waals surface area contributed by atoms with Crippen molar-refractivity contribution in [3.05, 3.63) is 10.1 Å². The third-order valence-corrected chi connectivity index (χ3v) is 0. The predicted octanol–water partition coefficient (Wildman–Crippen LogP) is -3.77. The number of hydrogen-bond acceptors (Lipinski definition) is 2. The summed E-state index contributed by atoms with van der Waals surface area (Å²) >= 11 is 0. The Hall–Kier alpha value is 1.19. The summed E-state index contributed by atoms with van der Waals surface area (Å²) < 4.78 is 0. The molecule has 0 rings (SSSR count). The molecule has 0 amide bonds. The van der Waals surface area contributed by atoms with Gasteiger partial charge in [0.05, 0.1) is 0 Å². The Morgan fingerprint density at radius 3 is 1.60 bits per heavy atom. The van der Waals surface area contributed by atoms with Crippen LogP contribution in [0.1, 0.15) is 0 Å². The Bertz CT molecular complexity index is 17.1. The van der Waals surface area contributed by atoms with Gasteiger partial charge in [-0.05, 0) is 0 Å². The topological polar surface area (TPSA) is 54.1 Å². The Morgan fingerprint density at radius 2 is 1.60 bits per heavy atom. The van der Waals surface area contributed by atoms with E-state index in [1.807, 2.05) is 0 Å². The molecule has 0 spiro atoms. The molecule has 0 heterocycles. The van der Waals surface area contributed by atoms with Crippen molar-refractivity contribution in [2.75, 3.05) is 0 Å². The van der Waals surface area contributed by atoms with E-state index in [0.717, 1.165) is 0 Å². The quantitative estimate of drug-likeness (QED) is 0.202. The van der Waals surface area contributed by atoms with Gasteiger partial charge in [-0.25, -0.2) is 0 Å². The van der Waals surface area contributed by atoms with Crippen LogP contribution in [-0.4, -0.2) is 55.1 Å². The maximum absolute atomic E-state index is 8.12. The molecule has 5 heteroatoms. The molecule has 0 unspecified atom stereocenters. The summed E-state index contributed by atoms with van der Waals surface area (Å²) in [5, 5.41) is 8.38. The van der Waals surface area contributed by atoms with Gasteiger partial charge in [0.1, 0.15) is 0 Å². The molecule has 0 aromatic rings. The van der Waals surface area contributed by atoms with Crippen molar-refractivity contribution < 1.29 is 5.34 Å². The SMILES string of the molecule is O=[NH+][O-].[AlH3].[CaH2]. The fourth-order valence-corrected chi connectivity index (χ4v) is 0. The van der Waals surface area contributed by atoms with Gasteiger partial charge in [-0.1, -0.05) is 0 Å². The maximum atomic E-state index is 8.12. The van der Waals surface area contributed by atoms with E-state index in [1.165, 1.54) is 0 Å². The molecule has 0 bridgehead atoms. The third-order valence-electron chi connectivity index (χ3n) is 0. The summed E-state index contributed by atoms with van der Waals surface area (Å²) in [6, 6.07) is 0. The Kier molecular flexibility index (Phi) is 62.2. The summed E-state index contributed by atoms with van der Waals surface area (Å²) in [5.41, 5.74) is 0. The molecular formula is H6AlCaNO2. The van der Waals surface area contributed by atoms with Crippen LogP contribution in [0.3, 0.4) is 0 Å². The molecular weight excluding hydrogens is 113 g/mol. The summed E-state index contributed by atoms with van der Waals surface area (Å²) in [7, 11) is 0. The van der Waals surface area contributed by atoms with Gasteiger partial charge in [0.2, 0.25) is 0 Å². The molecule has 3 nitrogen and oxygen atoms in total. The van der Waals surface area contributed by atoms with Gasteiger partial charge in [-0.15, -0.1) is 0 Å². The predicted molar refractivity (Wildman–Crippen MR) is 26.2 cm³/mol. The molecule has 0 saturated heterocycles. The Morgan fingerprint density at radius 1 is 1.60 bits per heavy atom. The van der Waals surface area contributed by atoms with Crippen molar-refractivity contribution in [3.63, 3.8) is 0 Å². The molecule has 28 valence electrons. The van der Waals surface area contributed by atoms with Crippen LogP contribution in [0, 0.1) is 10.1 Å². The summed E-state index contributed by atoms with van der Waals surface area (Å²) in [5.74, 6) is 0. The van der Waals surface area contributed by atoms with Crippen LogP contribution >= 0.6 is 0 Å². The molecule has 0 fully saturated rings. The minimum absolute atomic E-state index is 0. The average molecular weight is 119 g/mol. The molecule has 0 aliphatic rings. The fourth-order valence-electron chi connectivity index (χ4n) is 0. The van der Waals surface area contributed by atoms with Gasteiger partial charge in [0.25, 0.3) is 0 Å².